The fourth-order valence-electron chi connectivity index (χ4n) is 4.40. The second kappa shape index (κ2) is 8.98. The van der Waals surface area contributed by atoms with Crippen LogP contribution in [0.15, 0.2) is 66.7 Å². The molecule has 3 aromatic rings. The molecule has 0 radical (unpaired) electrons. The van der Waals surface area contributed by atoms with Crippen LogP contribution in [-0.4, -0.2) is 18.0 Å². The van der Waals surface area contributed by atoms with E-state index in [4.69, 9.17) is 11.6 Å². The first-order chi connectivity index (χ1) is 14.1. The Balaban J connectivity index is 1.48. The second-order valence-electron chi connectivity index (χ2n) is 7.93. The molecule has 0 aromatic heterocycles. The van der Waals surface area contributed by atoms with Crippen molar-refractivity contribution in [3.63, 3.8) is 0 Å². The topological polar surface area (TPSA) is 41.1 Å². The molecule has 0 heterocycles. The molecular weight excluding hydrogens is 380 g/mol. The molecule has 0 bridgehead atoms. The van der Waals surface area contributed by atoms with Gasteiger partial charge < -0.3 is 10.6 Å². The van der Waals surface area contributed by atoms with E-state index in [9.17, 15) is 4.79 Å². The summed E-state index contributed by atoms with van der Waals surface area (Å²) < 4.78 is 0. The quantitative estimate of drug-likeness (QED) is 0.555. The molecule has 3 aromatic carbocycles. The highest BCUT2D eigenvalue weighted by molar-refractivity contribution is 6.30. The molecule has 0 aliphatic heterocycles. The molecule has 0 spiro atoms. The molecule has 3 nitrogen and oxygen atoms in total. The molecule has 1 aliphatic rings. The standard InChI is InChI=1S/C25H27ClN2O/c1-17(21-10-6-8-18-7-2-3-9-22(18)21)27-23-11-4-5-12-24(23)28-25(29)19-13-15-20(26)16-14-19/h2-3,6-10,13-17,23-24,27H,4-5,11-12H2,1H3,(H,28,29)/t17?,23-,24?/m0/s1. The lowest BCUT2D eigenvalue weighted by molar-refractivity contribution is 0.0913. The summed E-state index contributed by atoms with van der Waals surface area (Å²) in [5, 5.41) is 10.2. The molecule has 1 aliphatic carbocycles. The van der Waals surface area contributed by atoms with Gasteiger partial charge in [-0.1, -0.05) is 66.9 Å². The first-order valence-corrected chi connectivity index (χ1v) is 10.8. The summed E-state index contributed by atoms with van der Waals surface area (Å²) in [4.78, 5) is 12.7. The van der Waals surface area contributed by atoms with Gasteiger partial charge in [0.15, 0.2) is 0 Å². The van der Waals surface area contributed by atoms with Crippen molar-refractivity contribution in [2.75, 3.05) is 0 Å². The molecule has 1 saturated carbocycles. The predicted molar refractivity (Wildman–Crippen MR) is 120 cm³/mol. The van der Waals surface area contributed by atoms with Gasteiger partial charge in [0.2, 0.25) is 0 Å². The van der Waals surface area contributed by atoms with E-state index in [-0.39, 0.29) is 24.0 Å². The number of benzene rings is 3. The van der Waals surface area contributed by atoms with E-state index in [1.165, 1.54) is 22.8 Å². The minimum Gasteiger partial charge on any atom is -0.348 e. The van der Waals surface area contributed by atoms with E-state index in [2.05, 4.69) is 60.0 Å². The summed E-state index contributed by atoms with van der Waals surface area (Å²) in [5.41, 5.74) is 1.96. The van der Waals surface area contributed by atoms with E-state index in [0.717, 1.165) is 19.3 Å². The average molecular weight is 407 g/mol. The minimum absolute atomic E-state index is 0.0295. The Morgan fingerprint density at radius 1 is 0.931 bits per heavy atom. The largest absolute Gasteiger partial charge is 0.348 e. The van der Waals surface area contributed by atoms with Gasteiger partial charge in [0.1, 0.15) is 0 Å². The summed E-state index contributed by atoms with van der Waals surface area (Å²) in [7, 11) is 0. The maximum absolute atomic E-state index is 12.7. The zero-order valence-corrected chi connectivity index (χ0v) is 17.5. The Morgan fingerprint density at radius 2 is 1.62 bits per heavy atom. The molecular formula is C25H27ClN2O. The Bertz CT molecular complexity index is 980. The molecule has 2 unspecified atom stereocenters. The third kappa shape index (κ3) is 4.63. The third-order valence-corrected chi connectivity index (χ3v) is 6.19. The van der Waals surface area contributed by atoms with E-state index in [1.807, 2.05) is 0 Å². The van der Waals surface area contributed by atoms with Crippen molar-refractivity contribution >= 4 is 28.3 Å². The van der Waals surface area contributed by atoms with E-state index >= 15 is 0 Å². The summed E-state index contributed by atoms with van der Waals surface area (Å²) in [5.74, 6) is -0.0295. The van der Waals surface area contributed by atoms with Crippen LogP contribution in [0.1, 0.15) is 54.6 Å². The molecule has 4 heteroatoms. The van der Waals surface area contributed by atoms with Crippen LogP contribution < -0.4 is 10.6 Å². The molecule has 1 amide bonds. The van der Waals surface area contributed by atoms with Crippen molar-refractivity contribution in [1.82, 2.24) is 10.6 Å². The van der Waals surface area contributed by atoms with Gasteiger partial charge >= 0.3 is 0 Å². The fourth-order valence-corrected chi connectivity index (χ4v) is 4.52. The SMILES string of the molecule is CC(N[C@H]1CCCCC1NC(=O)c1ccc(Cl)cc1)c1cccc2ccccc12. The van der Waals surface area contributed by atoms with E-state index < -0.39 is 0 Å². The summed E-state index contributed by atoms with van der Waals surface area (Å²) in [6.07, 6.45) is 4.40. The van der Waals surface area contributed by atoms with Gasteiger partial charge in [-0.05, 0) is 60.4 Å². The van der Waals surface area contributed by atoms with Crippen LogP contribution in [0.5, 0.6) is 0 Å². The monoisotopic (exact) mass is 406 g/mol. The number of carbonyl (C=O) groups excluding carboxylic acids is 1. The van der Waals surface area contributed by atoms with Gasteiger partial charge in [-0.2, -0.15) is 0 Å². The summed E-state index contributed by atoms with van der Waals surface area (Å²) >= 11 is 5.95. The maximum atomic E-state index is 12.7. The number of halogens is 1. The Hall–Kier alpha value is -2.36. The molecule has 2 N–H and O–H groups in total. The number of rotatable bonds is 5. The van der Waals surface area contributed by atoms with Crippen molar-refractivity contribution < 1.29 is 4.79 Å². The van der Waals surface area contributed by atoms with Gasteiger partial charge in [0, 0.05) is 28.7 Å². The van der Waals surface area contributed by atoms with Crippen molar-refractivity contribution in [1.29, 1.82) is 0 Å². The first-order valence-electron chi connectivity index (χ1n) is 10.4. The lowest BCUT2D eigenvalue weighted by atomic mass is 9.88. The van der Waals surface area contributed by atoms with Crippen LogP contribution in [-0.2, 0) is 0 Å². The summed E-state index contributed by atoms with van der Waals surface area (Å²) in [6.45, 7) is 2.22. The molecule has 4 rings (SSSR count). The number of fused-ring (bicyclic) bond motifs is 1. The highest BCUT2D eigenvalue weighted by Crippen LogP contribution is 2.27. The Kier molecular flexibility index (Phi) is 6.17. The van der Waals surface area contributed by atoms with Crippen molar-refractivity contribution in [2.24, 2.45) is 0 Å². The molecule has 1 fully saturated rings. The third-order valence-electron chi connectivity index (χ3n) is 5.94. The number of carbonyl (C=O) groups is 1. The van der Waals surface area contributed by atoms with E-state index in [1.54, 1.807) is 24.3 Å². The van der Waals surface area contributed by atoms with Gasteiger partial charge in [-0.3, -0.25) is 4.79 Å². The molecule has 150 valence electrons. The smallest absolute Gasteiger partial charge is 0.251 e. The van der Waals surface area contributed by atoms with Crippen LogP contribution in [0.3, 0.4) is 0 Å². The minimum atomic E-state index is -0.0295. The Labute approximate surface area is 177 Å². The Morgan fingerprint density at radius 3 is 2.41 bits per heavy atom. The van der Waals surface area contributed by atoms with Gasteiger partial charge in [-0.15, -0.1) is 0 Å². The van der Waals surface area contributed by atoms with Gasteiger partial charge in [0.05, 0.1) is 0 Å². The maximum Gasteiger partial charge on any atom is 0.251 e. The second-order valence-corrected chi connectivity index (χ2v) is 8.37. The number of hydrogen-bond donors (Lipinski definition) is 2. The van der Waals surface area contributed by atoms with Crippen LogP contribution >= 0.6 is 11.6 Å². The van der Waals surface area contributed by atoms with Crippen LogP contribution in [0.2, 0.25) is 5.02 Å². The van der Waals surface area contributed by atoms with Crippen molar-refractivity contribution in [3.8, 4) is 0 Å². The molecule has 29 heavy (non-hydrogen) atoms. The number of nitrogens with one attached hydrogen (secondary N) is 2. The van der Waals surface area contributed by atoms with Crippen LogP contribution in [0.4, 0.5) is 0 Å². The first kappa shape index (κ1) is 19.9. The fraction of sp³-hybridized carbons (Fsp3) is 0.320. The zero-order valence-electron chi connectivity index (χ0n) is 16.7. The average Bonchev–Trinajstić information content (AvgIpc) is 2.75. The molecule has 3 atom stereocenters. The van der Waals surface area contributed by atoms with Crippen molar-refractivity contribution in [3.05, 3.63) is 82.9 Å². The van der Waals surface area contributed by atoms with E-state index in [0.29, 0.717) is 10.6 Å². The van der Waals surface area contributed by atoms with Gasteiger partial charge in [0.25, 0.3) is 5.91 Å². The van der Waals surface area contributed by atoms with Crippen LogP contribution in [0, 0.1) is 0 Å². The van der Waals surface area contributed by atoms with Crippen LogP contribution in [0.25, 0.3) is 10.8 Å². The summed E-state index contributed by atoms with van der Waals surface area (Å²) in [6, 6.07) is 22.7. The normalized spacial score (nSPS) is 20.3. The highest BCUT2D eigenvalue weighted by atomic mass is 35.5. The zero-order chi connectivity index (χ0) is 20.2. The highest BCUT2D eigenvalue weighted by Gasteiger charge is 2.28. The number of hydrogen-bond acceptors (Lipinski definition) is 2. The van der Waals surface area contributed by atoms with Gasteiger partial charge in [-0.25, -0.2) is 0 Å². The number of amides is 1. The molecule has 0 saturated heterocycles. The lowest BCUT2D eigenvalue weighted by Crippen LogP contribution is -2.52. The predicted octanol–water partition coefficient (Wildman–Crippen LogP) is 5.89. The lowest BCUT2D eigenvalue weighted by Gasteiger charge is -2.35. The van der Waals surface area contributed by atoms with Crippen molar-refractivity contribution in [2.45, 2.75) is 50.7 Å².